The van der Waals surface area contributed by atoms with Gasteiger partial charge in [-0.05, 0) is 32.4 Å². The van der Waals surface area contributed by atoms with E-state index in [1.165, 1.54) is 17.0 Å². The van der Waals surface area contributed by atoms with Crippen LogP contribution in [0.5, 0.6) is 0 Å². The molecular formula is C11H19N3O. The van der Waals surface area contributed by atoms with Gasteiger partial charge in [0.2, 0.25) is 5.91 Å². The molecule has 1 rings (SSSR count). The third-order valence-electron chi connectivity index (χ3n) is 2.91. The number of rotatable bonds is 4. The van der Waals surface area contributed by atoms with Crippen molar-refractivity contribution in [3.8, 4) is 0 Å². The molecular weight excluding hydrogens is 190 g/mol. The minimum atomic E-state index is -0.319. The number of primary amides is 1. The first-order chi connectivity index (χ1) is 6.93. The van der Waals surface area contributed by atoms with Gasteiger partial charge in [-0.1, -0.05) is 0 Å². The predicted molar refractivity (Wildman–Crippen MR) is 60.4 cm³/mol. The Labute approximate surface area is 90.5 Å². The van der Waals surface area contributed by atoms with Crippen LogP contribution in [0.2, 0.25) is 0 Å². The zero-order valence-electron chi connectivity index (χ0n) is 9.79. The summed E-state index contributed by atoms with van der Waals surface area (Å²) in [5.41, 5.74) is 8.82. The van der Waals surface area contributed by atoms with Gasteiger partial charge in [0.15, 0.2) is 0 Å². The van der Waals surface area contributed by atoms with Crippen molar-refractivity contribution in [3.63, 3.8) is 0 Å². The summed E-state index contributed by atoms with van der Waals surface area (Å²) >= 11 is 0. The van der Waals surface area contributed by atoms with Gasteiger partial charge in [0.05, 0.1) is 6.04 Å². The van der Waals surface area contributed by atoms with Crippen molar-refractivity contribution in [2.45, 2.75) is 33.4 Å². The summed E-state index contributed by atoms with van der Waals surface area (Å²) in [5, 5.41) is 3.09. The van der Waals surface area contributed by atoms with Crippen LogP contribution >= 0.6 is 0 Å². The van der Waals surface area contributed by atoms with Gasteiger partial charge in [0, 0.05) is 25.0 Å². The number of nitrogens with zero attached hydrogens (tertiary/aromatic N) is 1. The van der Waals surface area contributed by atoms with E-state index in [-0.39, 0.29) is 11.9 Å². The van der Waals surface area contributed by atoms with E-state index in [4.69, 9.17) is 5.73 Å². The fourth-order valence-electron chi connectivity index (χ4n) is 1.48. The molecule has 1 aromatic heterocycles. The Morgan fingerprint density at radius 1 is 1.60 bits per heavy atom. The summed E-state index contributed by atoms with van der Waals surface area (Å²) in [4.78, 5) is 10.8. The first-order valence-electron chi connectivity index (χ1n) is 5.08. The standard InChI is InChI=1S/C11H19N3O/c1-7-5-10(9(3)14(7)4)6-13-8(2)11(12)15/h5,8,13H,6H2,1-4H3,(H2,12,15). The van der Waals surface area contributed by atoms with E-state index in [2.05, 4.69) is 29.8 Å². The molecule has 4 nitrogen and oxygen atoms in total. The van der Waals surface area contributed by atoms with Gasteiger partial charge >= 0.3 is 0 Å². The molecule has 1 unspecified atom stereocenters. The van der Waals surface area contributed by atoms with Gasteiger partial charge in [-0.2, -0.15) is 0 Å². The molecule has 0 radical (unpaired) electrons. The summed E-state index contributed by atoms with van der Waals surface area (Å²) in [5.74, 6) is -0.319. The number of nitrogens with two attached hydrogens (primary N) is 1. The Morgan fingerprint density at radius 3 is 2.60 bits per heavy atom. The van der Waals surface area contributed by atoms with E-state index in [1.807, 2.05) is 7.05 Å². The Kier molecular flexibility index (Phi) is 3.52. The van der Waals surface area contributed by atoms with Crippen molar-refractivity contribution >= 4 is 5.91 Å². The minimum absolute atomic E-state index is 0.287. The molecule has 0 aliphatic carbocycles. The molecule has 0 aliphatic rings. The van der Waals surface area contributed by atoms with E-state index >= 15 is 0 Å². The summed E-state index contributed by atoms with van der Waals surface area (Å²) < 4.78 is 2.13. The molecule has 1 amide bonds. The second-order valence-electron chi connectivity index (χ2n) is 3.96. The predicted octanol–water partition coefficient (Wildman–Crippen LogP) is 0.605. The number of carbonyl (C=O) groups excluding carboxylic acids is 1. The molecule has 84 valence electrons. The molecule has 0 aliphatic heterocycles. The Balaban J connectivity index is 2.66. The second-order valence-corrected chi connectivity index (χ2v) is 3.96. The van der Waals surface area contributed by atoms with Crippen molar-refractivity contribution in [1.82, 2.24) is 9.88 Å². The Morgan fingerprint density at radius 2 is 2.20 bits per heavy atom. The smallest absolute Gasteiger partial charge is 0.234 e. The van der Waals surface area contributed by atoms with Crippen molar-refractivity contribution in [3.05, 3.63) is 23.0 Å². The summed E-state index contributed by atoms with van der Waals surface area (Å²) in [6.07, 6.45) is 0. The maximum Gasteiger partial charge on any atom is 0.234 e. The average molecular weight is 209 g/mol. The van der Waals surface area contributed by atoms with Crippen molar-refractivity contribution in [2.75, 3.05) is 0 Å². The molecule has 4 heteroatoms. The number of aryl methyl sites for hydroxylation is 1. The number of carbonyl (C=O) groups is 1. The quantitative estimate of drug-likeness (QED) is 0.763. The van der Waals surface area contributed by atoms with Crippen molar-refractivity contribution < 1.29 is 4.79 Å². The van der Waals surface area contributed by atoms with Gasteiger partial charge in [-0.25, -0.2) is 0 Å². The molecule has 0 spiro atoms. The molecule has 0 bridgehead atoms. The first-order valence-corrected chi connectivity index (χ1v) is 5.08. The van der Waals surface area contributed by atoms with E-state index in [0.717, 1.165) is 0 Å². The highest BCUT2D eigenvalue weighted by Gasteiger charge is 2.10. The van der Waals surface area contributed by atoms with E-state index in [1.54, 1.807) is 6.92 Å². The fourth-order valence-corrected chi connectivity index (χ4v) is 1.48. The van der Waals surface area contributed by atoms with Gasteiger partial charge in [0.1, 0.15) is 0 Å². The van der Waals surface area contributed by atoms with Crippen LogP contribution in [0.3, 0.4) is 0 Å². The average Bonchev–Trinajstić information content (AvgIpc) is 2.42. The van der Waals surface area contributed by atoms with Crippen LogP contribution < -0.4 is 11.1 Å². The molecule has 3 N–H and O–H groups in total. The second kappa shape index (κ2) is 4.49. The monoisotopic (exact) mass is 209 g/mol. The van der Waals surface area contributed by atoms with Crippen LogP contribution in [0.15, 0.2) is 6.07 Å². The number of nitrogens with one attached hydrogen (secondary N) is 1. The van der Waals surface area contributed by atoms with Crippen molar-refractivity contribution in [1.29, 1.82) is 0 Å². The number of hydrogen-bond donors (Lipinski definition) is 2. The number of hydrogen-bond acceptors (Lipinski definition) is 2. The zero-order valence-corrected chi connectivity index (χ0v) is 9.79. The molecule has 0 saturated carbocycles. The van der Waals surface area contributed by atoms with E-state index in [0.29, 0.717) is 6.54 Å². The molecule has 1 atom stereocenters. The van der Waals surface area contributed by atoms with Crippen LogP contribution in [-0.4, -0.2) is 16.5 Å². The number of aromatic nitrogens is 1. The first kappa shape index (κ1) is 11.8. The van der Waals surface area contributed by atoms with E-state index < -0.39 is 0 Å². The van der Waals surface area contributed by atoms with Gasteiger partial charge in [-0.15, -0.1) is 0 Å². The third kappa shape index (κ3) is 2.59. The topological polar surface area (TPSA) is 60.0 Å². The van der Waals surface area contributed by atoms with Crippen molar-refractivity contribution in [2.24, 2.45) is 12.8 Å². The normalized spacial score (nSPS) is 12.8. The highest BCUT2D eigenvalue weighted by Crippen LogP contribution is 2.12. The highest BCUT2D eigenvalue weighted by molar-refractivity contribution is 5.79. The largest absolute Gasteiger partial charge is 0.368 e. The molecule has 15 heavy (non-hydrogen) atoms. The molecule has 0 saturated heterocycles. The lowest BCUT2D eigenvalue weighted by Gasteiger charge is -2.09. The summed E-state index contributed by atoms with van der Waals surface area (Å²) in [7, 11) is 2.03. The molecule has 0 fully saturated rings. The maximum absolute atomic E-state index is 10.8. The van der Waals surface area contributed by atoms with Gasteiger partial charge in [0.25, 0.3) is 0 Å². The molecule has 1 aromatic rings. The van der Waals surface area contributed by atoms with Gasteiger partial charge < -0.3 is 15.6 Å². The maximum atomic E-state index is 10.8. The third-order valence-corrected chi connectivity index (χ3v) is 2.91. The fraction of sp³-hybridized carbons (Fsp3) is 0.545. The summed E-state index contributed by atoms with van der Waals surface area (Å²) in [6, 6.07) is 1.83. The van der Waals surface area contributed by atoms with Crippen LogP contribution in [0.25, 0.3) is 0 Å². The number of amides is 1. The molecule has 1 heterocycles. The highest BCUT2D eigenvalue weighted by atomic mass is 16.1. The lowest BCUT2D eigenvalue weighted by Crippen LogP contribution is -2.38. The molecule has 0 aromatic carbocycles. The lowest BCUT2D eigenvalue weighted by atomic mass is 10.2. The Bertz CT molecular complexity index is 368. The minimum Gasteiger partial charge on any atom is -0.368 e. The van der Waals surface area contributed by atoms with Crippen LogP contribution in [0.1, 0.15) is 23.9 Å². The SMILES string of the molecule is Cc1cc(CNC(C)C(N)=O)c(C)n1C. The van der Waals surface area contributed by atoms with Crippen LogP contribution in [0.4, 0.5) is 0 Å². The van der Waals surface area contributed by atoms with E-state index in [9.17, 15) is 4.79 Å². The van der Waals surface area contributed by atoms with Crippen LogP contribution in [-0.2, 0) is 18.4 Å². The summed E-state index contributed by atoms with van der Waals surface area (Å²) in [6.45, 7) is 6.58. The lowest BCUT2D eigenvalue weighted by molar-refractivity contribution is -0.119. The van der Waals surface area contributed by atoms with Crippen LogP contribution in [0, 0.1) is 13.8 Å². The van der Waals surface area contributed by atoms with Gasteiger partial charge in [-0.3, -0.25) is 4.79 Å². The Hall–Kier alpha value is -1.29. The zero-order chi connectivity index (χ0) is 11.6.